The van der Waals surface area contributed by atoms with Gasteiger partial charge >= 0.3 is 0 Å². The van der Waals surface area contributed by atoms with Crippen LogP contribution in [0.1, 0.15) is 6.42 Å². The van der Waals surface area contributed by atoms with E-state index in [2.05, 4.69) is 4.72 Å². The molecule has 1 saturated heterocycles. The van der Waals surface area contributed by atoms with E-state index in [-0.39, 0.29) is 22.9 Å². The molecule has 0 spiro atoms. The van der Waals surface area contributed by atoms with E-state index in [4.69, 9.17) is 9.88 Å². The van der Waals surface area contributed by atoms with Crippen molar-refractivity contribution >= 4 is 20.0 Å². The van der Waals surface area contributed by atoms with Crippen molar-refractivity contribution in [1.82, 2.24) is 4.72 Å². The number of nitrogens with one attached hydrogen (secondary N) is 1. The fraction of sp³-hybridized carbons (Fsp3) is 0.455. The van der Waals surface area contributed by atoms with Crippen molar-refractivity contribution in [2.24, 2.45) is 5.14 Å². The molecule has 8 nitrogen and oxygen atoms in total. The van der Waals surface area contributed by atoms with Crippen molar-refractivity contribution in [2.75, 3.05) is 19.8 Å². The largest absolute Gasteiger partial charge is 0.386 e. The van der Waals surface area contributed by atoms with E-state index in [1.807, 2.05) is 0 Å². The van der Waals surface area contributed by atoms with E-state index < -0.39 is 25.6 Å². The topological polar surface area (TPSA) is 136 Å². The van der Waals surface area contributed by atoms with Crippen LogP contribution in [0.3, 0.4) is 0 Å². The molecule has 2 rings (SSSR count). The summed E-state index contributed by atoms with van der Waals surface area (Å²) in [6, 6.07) is 4.69. The second-order valence-corrected chi connectivity index (χ2v) is 8.20. The van der Waals surface area contributed by atoms with Gasteiger partial charge in [-0.25, -0.2) is 26.7 Å². The predicted molar refractivity (Wildman–Crippen MR) is 73.4 cm³/mol. The minimum Gasteiger partial charge on any atom is -0.386 e. The lowest BCUT2D eigenvalue weighted by Crippen LogP contribution is -2.43. The van der Waals surface area contributed by atoms with Gasteiger partial charge in [-0.15, -0.1) is 0 Å². The average molecular weight is 336 g/mol. The summed E-state index contributed by atoms with van der Waals surface area (Å²) in [5.74, 6) is 0. The van der Waals surface area contributed by atoms with Crippen molar-refractivity contribution in [1.29, 1.82) is 0 Å². The van der Waals surface area contributed by atoms with Gasteiger partial charge in [0, 0.05) is 19.6 Å². The number of sulfonamides is 2. The van der Waals surface area contributed by atoms with Crippen molar-refractivity contribution in [3.63, 3.8) is 0 Å². The minimum atomic E-state index is -3.99. The summed E-state index contributed by atoms with van der Waals surface area (Å²) in [6.07, 6.45) is 0.326. The summed E-state index contributed by atoms with van der Waals surface area (Å²) in [7, 11) is -7.94. The molecule has 0 aliphatic carbocycles. The van der Waals surface area contributed by atoms with Gasteiger partial charge in [0.1, 0.15) is 5.60 Å². The monoisotopic (exact) mass is 336 g/mol. The third-order valence-electron chi connectivity index (χ3n) is 3.12. The first-order valence-electron chi connectivity index (χ1n) is 6.05. The molecule has 1 aliphatic heterocycles. The van der Waals surface area contributed by atoms with Crippen LogP contribution in [-0.2, 0) is 24.8 Å². The standard InChI is InChI=1S/C11H16N2O6S2/c12-20(15,16)9-2-1-3-10(6-9)21(17,18)13-7-11(14)4-5-19-8-11/h1-3,6,13-14H,4-5,7-8H2,(H2,12,15,16). The van der Waals surface area contributed by atoms with Crippen molar-refractivity contribution in [3.8, 4) is 0 Å². The number of benzene rings is 1. The van der Waals surface area contributed by atoms with Crippen LogP contribution in [0.4, 0.5) is 0 Å². The molecule has 118 valence electrons. The van der Waals surface area contributed by atoms with E-state index in [0.29, 0.717) is 13.0 Å². The molecule has 4 N–H and O–H groups in total. The smallest absolute Gasteiger partial charge is 0.240 e. The lowest BCUT2D eigenvalue weighted by Gasteiger charge is -2.20. The van der Waals surface area contributed by atoms with Gasteiger partial charge in [-0.3, -0.25) is 0 Å². The zero-order valence-electron chi connectivity index (χ0n) is 11.0. The Hall–Kier alpha value is -1.04. The highest BCUT2D eigenvalue weighted by molar-refractivity contribution is 7.90. The number of nitrogens with two attached hydrogens (primary N) is 1. The number of primary sulfonamides is 1. The Morgan fingerprint density at radius 3 is 2.52 bits per heavy atom. The highest BCUT2D eigenvalue weighted by Crippen LogP contribution is 2.19. The molecule has 1 aromatic carbocycles. The summed E-state index contributed by atoms with van der Waals surface area (Å²) in [4.78, 5) is -0.537. The van der Waals surface area contributed by atoms with Gasteiger partial charge in [0.25, 0.3) is 0 Å². The van der Waals surface area contributed by atoms with Gasteiger partial charge in [-0.2, -0.15) is 0 Å². The molecule has 1 aliphatic rings. The molecule has 0 aromatic heterocycles. The molecule has 1 aromatic rings. The summed E-state index contributed by atoms with van der Waals surface area (Å²) >= 11 is 0. The quantitative estimate of drug-likeness (QED) is 0.615. The molecule has 0 saturated carbocycles. The SMILES string of the molecule is NS(=O)(=O)c1cccc(S(=O)(=O)NCC2(O)CCOC2)c1. The molecular formula is C11H16N2O6S2. The Bertz CT molecular complexity index is 723. The summed E-state index contributed by atoms with van der Waals surface area (Å²) in [5.41, 5.74) is -1.25. The highest BCUT2D eigenvalue weighted by Gasteiger charge is 2.33. The van der Waals surface area contributed by atoms with Crippen LogP contribution in [0.25, 0.3) is 0 Å². The normalized spacial score (nSPS) is 23.3. The van der Waals surface area contributed by atoms with Gasteiger partial charge in [-0.05, 0) is 18.2 Å². The molecule has 0 bridgehead atoms. The Balaban J connectivity index is 2.20. The van der Waals surface area contributed by atoms with Crippen LogP contribution in [-0.4, -0.2) is 47.3 Å². The lowest BCUT2D eigenvalue weighted by molar-refractivity contribution is 0.0314. The van der Waals surface area contributed by atoms with Gasteiger partial charge < -0.3 is 9.84 Å². The van der Waals surface area contributed by atoms with Crippen LogP contribution in [0.5, 0.6) is 0 Å². The molecule has 10 heteroatoms. The summed E-state index contributed by atoms with van der Waals surface area (Å²) < 4.78 is 54.0. The van der Waals surface area contributed by atoms with Crippen LogP contribution < -0.4 is 9.86 Å². The second kappa shape index (κ2) is 5.63. The van der Waals surface area contributed by atoms with Crippen LogP contribution >= 0.6 is 0 Å². The molecule has 1 heterocycles. The average Bonchev–Trinajstić information content (AvgIpc) is 2.84. The highest BCUT2D eigenvalue weighted by atomic mass is 32.2. The van der Waals surface area contributed by atoms with Gasteiger partial charge in [-0.1, -0.05) is 6.07 Å². The Labute approximate surface area is 123 Å². The first-order valence-corrected chi connectivity index (χ1v) is 9.08. The van der Waals surface area contributed by atoms with Crippen LogP contribution in [0.2, 0.25) is 0 Å². The van der Waals surface area contributed by atoms with Crippen molar-refractivity contribution in [3.05, 3.63) is 24.3 Å². The number of hydrogen-bond donors (Lipinski definition) is 3. The lowest BCUT2D eigenvalue weighted by atomic mass is 10.1. The minimum absolute atomic E-state index is 0.0484. The number of hydrogen-bond acceptors (Lipinski definition) is 6. The Morgan fingerprint density at radius 2 is 1.95 bits per heavy atom. The molecule has 0 amide bonds. The maximum absolute atomic E-state index is 12.1. The number of aliphatic hydroxyl groups is 1. The van der Waals surface area contributed by atoms with E-state index >= 15 is 0 Å². The van der Waals surface area contributed by atoms with E-state index in [9.17, 15) is 21.9 Å². The first kappa shape index (κ1) is 16.3. The molecule has 1 unspecified atom stereocenters. The molecular weight excluding hydrogens is 320 g/mol. The third-order valence-corrected chi connectivity index (χ3v) is 5.43. The van der Waals surface area contributed by atoms with E-state index in [1.54, 1.807) is 0 Å². The predicted octanol–water partition coefficient (Wildman–Crippen LogP) is -1.24. The Morgan fingerprint density at radius 1 is 1.29 bits per heavy atom. The van der Waals surface area contributed by atoms with Gasteiger partial charge in [0.15, 0.2) is 0 Å². The first-order chi connectivity index (χ1) is 9.62. The Kier molecular flexibility index (Phi) is 4.38. The van der Waals surface area contributed by atoms with Crippen molar-refractivity contribution < 1.29 is 26.7 Å². The molecule has 21 heavy (non-hydrogen) atoms. The van der Waals surface area contributed by atoms with E-state index in [1.165, 1.54) is 18.2 Å². The molecule has 1 atom stereocenters. The third kappa shape index (κ3) is 3.99. The maximum Gasteiger partial charge on any atom is 0.240 e. The van der Waals surface area contributed by atoms with Gasteiger partial charge in [0.2, 0.25) is 20.0 Å². The van der Waals surface area contributed by atoms with Crippen molar-refractivity contribution in [2.45, 2.75) is 21.8 Å². The second-order valence-electron chi connectivity index (χ2n) is 4.87. The summed E-state index contributed by atoms with van der Waals surface area (Å²) in [6.45, 7) is 0.195. The fourth-order valence-corrected chi connectivity index (χ4v) is 3.67. The molecule has 0 radical (unpaired) electrons. The zero-order chi connectivity index (χ0) is 15.7. The number of ether oxygens (including phenoxy) is 1. The van der Waals surface area contributed by atoms with Crippen LogP contribution in [0, 0.1) is 0 Å². The number of rotatable bonds is 5. The molecule has 1 fully saturated rings. The summed E-state index contributed by atoms with van der Waals surface area (Å²) in [5, 5.41) is 15.0. The fourth-order valence-electron chi connectivity index (χ4n) is 1.87. The van der Waals surface area contributed by atoms with E-state index in [0.717, 1.165) is 6.07 Å². The maximum atomic E-state index is 12.1. The zero-order valence-corrected chi connectivity index (χ0v) is 12.7. The van der Waals surface area contributed by atoms with Crippen LogP contribution in [0.15, 0.2) is 34.1 Å². The van der Waals surface area contributed by atoms with Gasteiger partial charge in [0.05, 0.1) is 16.4 Å².